The van der Waals surface area contributed by atoms with Crippen LogP contribution in [0.25, 0.3) is 0 Å². The van der Waals surface area contributed by atoms with E-state index in [1.54, 1.807) is 7.11 Å². The summed E-state index contributed by atoms with van der Waals surface area (Å²) in [5.41, 5.74) is 4.65. The highest BCUT2D eigenvalue weighted by Gasteiger charge is 2.01. The van der Waals surface area contributed by atoms with E-state index in [1.165, 1.54) is 16.7 Å². The number of anilines is 1. The molecule has 0 aliphatic carbocycles. The predicted molar refractivity (Wildman–Crippen MR) is 74.0 cm³/mol. The standard InChI is InChI=1S/C15H18N2O/c1-11-6-13(9-16-8-11)10-17-15-7-14(18-3)5-4-12(15)2/h4-9,17H,10H2,1-3H3. The van der Waals surface area contributed by atoms with Gasteiger partial charge in [0.2, 0.25) is 0 Å². The van der Waals surface area contributed by atoms with Crippen LogP contribution in [0, 0.1) is 13.8 Å². The second kappa shape index (κ2) is 5.54. The highest BCUT2D eigenvalue weighted by atomic mass is 16.5. The van der Waals surface area contributed by atoms with Crippen LogP contribution in [0.5, 0.6) is 5.75 Å². The Bertz CT molecular complexity index is 538. The van der Waals surface area contributed by atoms with Gasteiger partial charge >= 0.3 is 0 Å². The van der Waals surface area contributed by atoms with Crippen LogP contribution in [0.1, 0.15) is 16.7 Å². The second-order valence-electron chi connectivity index (χ2n) is 4.40. The number of hydrogen-bond acceptors (Lipinski definition) is 3. The summed E-state index contributed by atoms with van der Waals surface area (Å²) in [6.07, 6.45) is 3.75. The zero-order chi connectivity index (χ0) is 13.0. The number of nitrogens with one attached hydrogen (secondary N) is 1. The highest BCUT2D eigenvalue weighted by molar-refractivity contribution is 5.54. The van der Waals surface area contributed by atoms with Crippen LogP contribution >= 0.6 is 0 Å². The van der Waals surface area contributed by atoms with E-state index in [1.807, 2.05) is 31.5 Å². The molecule has 0 amide bonds. The lowest BCUT2D eigenvalue weighted by atomic mass is 10.1. The predicted octanol–water partition coefficient (Wildman–Crippen LogP) is 3.32. The van der Waals surface area contributed by atoms with E-state index in [-0.39, 0.29) is 0 Å². The summed E-state index contributed by atoms with van der Waals surface area (Å²) >= 11 is 0. The third kappa shape index (κ3) is 3.00. The first kappa shape index (κ1) is 12.4. The first-order valence-electron chi connectivity index (χ1n) is 5.98. The van der Waals surface area contributed by atoms with Crippen LogP contribution in [-0.2, 0) is 6.54 Å². The van der Waals surface area contributed by atoms with Gasteiger partial charge in [-0.15, -0.1) is 0 Å². The average molecular weight is 242 g/mol. The third-order valence-corrected chi connectivity index (χ3v) is 2.86. The topological polar surface area (TPSA) is 34.1 Å². The molecular weight excluding hydrogens is 224 g/mol. The fourth-order valence-electron chi connectivity index (χ4n) is 1.83. The van der Waals surface area contributed by atoms with E-state index < -0.39 is 0 Å². The molecule has 1 N–H and O–H groups in total. The number of aryl methyl sites for hydroxylation is 2. The van der Waals surface area contributed by atoms with Crippen LogP contribution < -0.4 is 10.1 Å². The van der Waals surface area contributed by atoms with Gasteiger partial charge in [0.15, 0.2) is 0 Å². The largest absolute Gasteiger partial charge is 0.497 e. The van der Waals surface area contributed by atoms with Crippen molar-refractivity contribution in [1.82, 2.24) is 4.98 Å². The molecule has 0 unspecified atom stereocenters. The number of benzene rings is 1. The summed E-state index contributed by atoms with van der Waals surface area (Å²) in [5, 5.41) is 3.41. The number of rotatable bonds is 4. The van der Waals surface area contributed by atoms with E-state index >= 15 is 0 Å². The molecule has 0 aliphatic rings. The molecule has 0 saturated heterocycles. The smallest absolute Gasteiger partial charge is 0.120 e. The number of ether oxygens (including phenoxy) is 1. The molecule has 0 aliphatic heterocycles. The SMILES string of the molecule is COc1ccc(C)c(NCc2cncc(C)c2)c1. The molecule has 1 aromatic heterocycles. The summed E-state index contributed by atoms with van der Waals surface area (Å²) in [7, 11) is 1.68. The third-order valence-electron chi connectivity index (χ3n) is 2.86. The van der Waals surface area contributed by atoms with Crippen LogP contribution in [0.15, 0.2) is 36.7 Å². The van der Waals surface area contributed by atoms with Crippen LogP contribution in [0.2, 0.25) is 0 Å². The van der Waals surface area contributed by atoms with Gasteiger partial charge in [-0.1, -0.05) is 12.1 Å². The van der Waals surface area contributed by atoms with Crippen molar-refractivity contribution in [3.8, 4) is 5.75 Å². The zero-order valence-electron chi connectivity index (χ0n) is 11.0. The molecule has 2 rings (SSSR count). The molecular formula is C15H18N2O. The molecule has 1 aromatic carbocycles. The van der Waals surface area contributed by atoms with E-state index in [0.29, 0.717) is 0 Å². The summed E-state index contributed by atoms with van der Waals surface area (Å²) in [6.45, 7) is 4.90. The van der Waals surface area contributed by atoms with Gasteiger partial charge < -0.3 is 10.1 Å². The quantitative estimate of drug-likeness (QED) is 0.893. The molecule has 0 atom stereocenters. The number of methoxy groups -OCH3 is 1. The lowest BCUT2D eigenvalue weighted by molar-refractivity contribution is 0.415. The van der Waals surface area contributed by atoms with Crippen LogP contribution in [-0.4, -0.2) is 12.1 Å². The van der Waals surface area contributed by atoms with Crippen molar-refractivity contribution < 1.29 is 4.74 Å². The molecule has 0 radical (unpaired) electrons. The minimum absolute atomic E-state index is 0.767. The normalized spacial score (nSPS) is 10.2. The van der Waals surface area contributed by atoms with Gasteiger partial charge in [-0.25, -0.2) is 0 Å². The van der Waals surface area contributed by atoms with E-state index in [9.17, 15) is 0 Å². The Kier molecular flexibility index (Phi) is 3.82. The second-order valence-corrected chi connectivity index (χ2v) is 4.40. The maximum absolute atomic E-state index is 5.23. The molecule has 2 aromatic rings. The number of nitrogens with zero attached hydrogens (tertiary/aromatic N) is 1. The summed E-state index contributed by atoms with van der Waals surface area (Å²) < 4.78 is 5.23. The van der Waals surface area contributed by atoms with Gasteiger partial charge in [-0.3, -0.25) is 4.98 Å². The van der Waals surface area contributed by atoms with Gasteiger partial charge in [-0.2, -0.15) is 0 Å². The van der Waals surface area contributed by atoms with Crippen molar-refractivity contribution in [2.75, 3.05) is 12.4 Å². The Morgan fingerprint density at radius 2 is 2.00 bits per heavy atom. The number of aromatic nitrogens is 1. The lowest BCUT2D eigenvalue weighted by Gasteiger charge is -2.11. The molecule has 0 bridgehead atoms. The van der Waals surface area contributed by atoms with Gasteiger partial charge in [0, 0.05) is 30.7 Å². The van der Waals surface area contributed by atoms with Crippen molar-refractivity contribution in [2.45, 2.75) is 20.4 Å². The Labute approximate surface area is 108 Å². The van der Waals surface area contributed by atoms with Gasteiger partial charge in [0.05, 0.1) is 7.11 Å². The van der Waals surface area contributed by atoms with Crippen LogP contribution in [0.3, 0.4) is 0 Å². The first-order valence-corrected chi connectivity index (χ1v) is 5.98. The molecule has 3 nitrogen and oxygen atoms in total. The minimum atomic E-state index is 0.767. The van der Waals surface area contributed by atoms with Crippen molar-refractivity contribution in [1.29, 1.82) is 0 Å². The van der Waals surface area contributed by atoms with Gasteiger partial charge in [0.1, 0.15) is 5.75 Å². The molecule has 1 heterocycles. The van der Waals surface area contributed by atoms with Crippen molar-refractivity contribution >= 4 is 5.69 Å². The Balaban J connectivity index is 2.10. The Morgan fingerprint density at radius 1 is 1.17 bits per heavy atom. The molecule has 3 heteroatoms. The fourth-order valence-corrected chi connectivity index (χ4v) is 1.83. The molecule has 0 spiro atoms. The summed E-state index contributed by atoms with van der Waals surface area (Å²) in [5.74, 6) is 0.866. The molecule has 18 heavy (non-hydrogen) atoms. The van der Waals surface area contributed by atoms with E-state index in [4.69, 9.17) is 4.74 Å². The van der Waals surface area contributed by atoms with E-state index in [0.717, 1.165) is 18.0 Å². The van der Waals surface area contributed by atoms with Gasteiger partial charge in [-0.05, 0) is 36.6 Å². The Hall–Kier alpha value is -2.03. The van der Waals surface area contributed by atoms with Crippen molar-refractivity contribution in [3.05, 3.63) is 53.3 Å². The number of pyridine rings is 1. The minimum Gasteiger partial charge on any atom is -0.497 e. The molecule has 0 fully saturated rings. The molecule has 94 valence electrons. The maximum atomic E-state index is 5.23. The van der Waals surface area contributed by atoms with Crippen LogP contribution in [0.4, 0.5) is 5.69 Å². The zero-order valence-corrected chi connectivity index (χ0v) is 11.0. The lowest BCUT2D eigenvalue weighted by Crippen LogP contribution is -2.02. The average Bonchev–Trinajstić information content (AvgIpc) is 2.38. The summed E-state index contributed by atoms with van der Waals surface area (Å²) in [6, 6.07) is 8.17. The monoisotopic (exact) mass is 242 g/mol. The summed E-state index contributed by atoms with van der Waals surface area (Å²) in [4.78, 5) is 4.19. The molecule has 0 saturated carbocycles. The fraction of sp³-hybridized carbons (Fsp3) is 0.267. The van der Waals surface area contributed by atoms with Crippen molar-refractivity contribution in [3.63, 3.8) is 0 Å². The van der Waals surface area contributed by atoms with Gasteiger partial charge in [0.25, 0.3) is 0 Å². The first-order chi connectivity index (χ1) is 8.69. The van der Waals surface area contributed by atoms with E-state index in [2.05, 4.69) is 29.4 Å². The highest BCUT2D eigenvalue weighted by Crippen LogP contribution is 2.22. The van der Waals surface area contributed by atoms with Crippen molar-refractivity contribution in [2.24, 2.45) is 0 Å². The number of hydrogen-bond donors (Lipinski definition) is 1. The Morgan fingerprint density at radius 3 is 2.72 bits per heavy atom. The maximum Gasteiger partial charge on any atom is 0.120 e.